The molecule has 1 aromatic heterocycles. The lowest BCUT2D eigenvalue weighted by atomic mass is 10.4. The number of nitrogens with one attached hydrogen (secondary N) is 2. The molecule has 0 saturated carbocycles. The Bertz CT molecular complexity index is 474. The van der Waals surface area contributed by atoms with Crippen molar-refractivity contribution in [2.75, 3.05) is 41.7 Å². The molecule has 1 amide bonds. The first-order valence-electron chi connectivity index (χ1n) is 7.46. The van der Waals surface area contributed by atoms with Crippen LogP contribution >= 0.6 is 0 Å². The van der Waals surface area contributed by atoms with E-state index in [1.165, 1.54) is 0 Å². The highest BCUT2D eigenvalue weighted by molar-refractivity contribution is 5.74. The molecule has 8 heteroatoms. The molecule has 0 radical (unpaired) electrons. The van der Waals surface area contributed by atoms with E-state index in [0.29, 0.717) is 24.4 Å². The van der Waals surface area contributed by atoms with E-state index in [4.69, 9.17) is 5.73 Å². The van der Waals surface area contributed by atoms with Gasteiger partial charge in [-0.05, 0) is 19.3 Å². The lowest BCUT2D eigenvalue weighted by Crippen LogP contribution is -2.23. The van der Waals surface area contributed by atoms with E-state index in [1.54, 1.807) is 0 Å². The van der Waals surface area contributed by atoms with Crippen LogP contribution in [0.3, 0.4) is 0 Å². The minimum absolute atomic E-state index is 0.252. The van der Waals surface area contributed by atoms with E-state index in [1.807, 2.05) is 0 Å². The molecule has 0 bridgehead atoms. The second-order valence-corrected chi connectivity index (χ2v) is 5.05. The number of rotatable bonds is 8. The Hall–Kier alpha value is -2.12. The van der Waals surface area contributed by atoms with Crippen LogP contribution < -0.4 is 21.3 Å². The van der Waals surface area contributed by atoms with Gasteiger partial charge in [0.1, 0.15) is 0 Å². The van der Waals surface area contributed by atoms with Gasteiger partial charge < -0.3 is 21.3 Å². The lowest BCUT2D eigenvalue weighted by Gasteiger charge is -2.17. The van der Waals surface area contributed by atoms with Crippen LogP contribution in [0.5, 0.6) is 0 Å². The van der Waals surface area contributed by atoms with Crippen molar-refractivity contribution < 1.29 is 4.79 Å². The van der Waals surface area contributed by atoms with E-state index < -0.39 is 0 Å². The summed E-state index contributed by atoms with van der Waals surface area (Å²) in [6.07, 6.45) is 3.57. The van der Waals surface area contributed by atoms with Gasteiger partial charge in [0.2, 0.25) is 23.8 Å². The van der Waals surface area contributed by atoms with Gasteiger partial charge in [-0.3, -0.25) is 4.79 Å². The topological polar surface area (TPSA) is 109 Å². The second-order valence-electron chi connectivity index (χ2n) is 5.05. The number of anilines is 3. The number of primary amides is 1. The average molecular weight is 293 g/mol. The number of aromatic nitrogens is 3. The van der Waals surface area contributed by atoms with E-state index in [0.717, 1.165) is 38.9 Å². The van der Waals surface area contributed by atoms with Crippen molar-refractivity contribution in [3.8, 4) is 0 Å². The molecule has 1 saturated heterocycles. The maximum absolute atomic E-state index is 10.8. The Labute approximate surface area is 124 Å². The molecule has 2 rings (SSSR count). The second kappa shape index (κ2) is 7.61. The molecule has 0 atom stereocenters. The summed E-state index contributed by atoms with van der Waals surface area (Å²) in [6, 6.07) is 0. The zero-order chi connectivity index (χ0) is 15.1. The van der Waals surface area contributed by atoms with Crippen LogP contribution in [0.1, 0.15) is 32.6 Å². The Morgan fingerprint density at radius 1 is 1.14 bits per heavy atom. The fourth-order valence-electron chi connectivity index (χ4n) is 2.12. The van der Waals surface area contributed by atoms with Crippen molar-refractivity contribution in [3.63, 3.8) is 0 Å². The number of hydrogen-bond acceptors (Lipinski definition) is 7. The highest BCUT2D eigenvalue weighted by Gasteiger charge is 2.17. The molecule has 21 heavy (non-hydrogen) atoms. The Morgan fingerprint density at radius 3 is 2.33 bits per heavy atom. The minimum atomic E-state index is -0.347. The summed E-state index contributed by atoms with van der Waals surface area (Å²) < 4.78 is 0. The highest BCUT2D eigenvalue weighted by atomic mass is 16.1. The third-order valence-electron chi connectivity index (χ3n) is 3.20. The first-order valence-corrected chi connectivity index (χ1v) is 7.46. The molecular formula is C13H23N7O. The van der Waals surface area contributed by atoms with Crippen LogP contribution in [0.4, 0.5) is 17.8 Å². The highest BCUT2D eigenvalue weighted by Crippen LogP contribution is 2.18. The van der Waals surface area contributed by atoms with Gasteiger partial charge in [-0.2, -0.15) is 15.0 Å². The van der Waals surface area contributed by atoms with E-state index >= 15 is 0 Å². The van der Waals surface area contributed by atoms with Gasteiger partial charge in [0.25, 0.3) is 0 Å². The van der Waals surface area contributed by atoms with Gasteiger partial charge in [-0.15, -0.1) is 0 Å². The number of carbonyl (C=O) groups is 1. The van der Waals surface area contributed by atoms with Crippen LogP contribution in [-0.2, 0) is 4.79 Å². The van der Waals surface area contributed by atoms with Crippen LogP contribution in [0.2, 0.25) is 0 Å². The molecule has 1 aromatic rings. The molecule has 1 fully saturated rings. The maximum Gasteiger partial charge on any atom is 0.231 e. The molecule has 0 aromatic carbocycles. The van der Waals surface area contributed by atoms with Crippen LogP contribution in [-0.4, -0.2) is 47.0 Å². The summed E-state index contributed by atoms with van der Waals surface area (Å²) in [7, 11) is 0. The molecule has 116 valence electrons. The average Bonchev–Trinajstić information content (AvgIpc) is 2.99. The zero-order valence-electron chi connectivity index (χ0n) is 12.4. The third kappa shape index (κ3) is 4.73. The molecule has 4 N–H and O–H groups in total. The first-order chi connectivity index (χ1) is 10.2. The summed E-state index contributed by atoms with van der Waals surface area (Å²) in [6.45, 7) is 5.26. The van der Waals surface area contributed by atoms with Gasteiger partial charge >= 0.3 is 0 Å². The molecular weight excluding hydrogens is 270 g/mol. The lowest BCUT2D eigenvalue weighted by molar-refractivity contribution is -0.117. The van der Waals surface area contributed by atoms with Crippen molar-refractivity contribution >= 4 is 23.8 Å². The summed E-state index contributed by atoms with van der Waals surface area (Å²) in [5.41, 5.74) is 5.13. The van der Waals surface area contributed by atoms with Gasteiger partial charge in [-0.1, -0.05) is 6.92 Å². The number of nitrogens with two attached hydrogens (primary N) is 1. The minimum Gasteiger partial charge on any atom is -0.370 e. The molecule has 1 aliphatic rings. The smallest absolute Gasteiger partial charge is 0.231 e. The molecule has 8 nitrogen and oxygen atoms in total. The fraction of sp³-hybridized carbons (Fsp3) is 0.692. The van der Waals surface area contributed by atoms with Crippen LogP contribution in [0.25, 0.3) is 0 Å². The zero-order valence-corrected chi connectivity index (χ0v) is 12.4. The molecule has 0 unspecified atom stereocenters. The summed E-state index contributed by atoms with van der Waals surface area (Å²) in [4.78, 5) is 26.1. The van der Waals surface area contributed by atoms with Crippen LogP contribution in [0, 0.1) is 0 Å². The molecule has 2 heterocycles. The van der Waals surface area contributed by atoms with Crippen molar-refractivity contribution in [1.29, 1.82) is 0 Å². The van der Waals surface area contributed by atoms with Gasteiger partial charge in [0.05, 0.1) is 0 Å². The number of hydrogen-bond donors (Lipinski definition) is 3. The Morgan fingerprint density at radius 2 is 1.76 bits per heavy atom. The SMILES string of the molecule is CCCNc1nc(NCCC(N)=O)nc(N2CCCC2)n1. The fourth-order valence-corrected chi connectivity index (χ4v) is 2.12. The van der Waals surface area contributed by atoms with E-state index in [2.05, 4.69) is 37.4 Å². The van der Waals surface area contributed by atoms with Gasteiger partial charge in [0, 0.05) is 32.6 Å². The van der Waals surface area contributed by atoms with Gasteiger partial charge in [0.15, 0.2) is 0 Å². The summed E-state index contributed by atoms with van der Waals surface area (Å²) >= 11 is 0. The largest absolute Gasteiger partial charge is 0.370 e. The van der Waals surface area contributed by atoms with Crippen molar-refractivity contribution in [2.24, 2.45) is 5.73 Å². The maximum atomic E-state index is 10.8. The third-order valence-corrected chi connectivity index (χ3v) is 3.20. The summed E-state index contributed by atoms with van der Waals surface area (Å²) in [5.74, 6) is 1.38. The van der Waals surface area contributed by atoms with Crippen LogP contribution in [0.15, 0.2) is 0 Å². The molecule has 1 aliphatic heterocycles. The predicted molar refractivity (Wildman–Crippen MR) is 82.4 cm³/mol. The number of nitrogens with zero attached hydrogens (tertiary/aromatic N) is 4. The predicted octanol–water partition coefficient (Wildman–Crippen LogP) is 0.581. The Balaban J connectivity index is 2.09. The quantitative estimate of drug-likeness (QED) is 0.643. The number of carbonyl (C=O) groups excluding carboxylic acids is 1. The van der Waals surface area contributed by atoms with Gasteiger partial charge in [-0.25, -0.2) is 0 Å². The van der Waals surface area contributed by atoms with E-state index in [9.17, 15) is 4.79 Å². The molecule has 0 aliphatic carbocycles. The monoisotopic (exact) mass is 293 g/mol. The van der Waals surface area contributed by atoms with Crippen molar-refractivity contribution in [1.82, 2.24) is 15.0 Å². The first kappa shape index (κ1) is 15.3. The Kier molecular flexibility index (Phi) is 5.53. The number of amides is 1. The standard InChI is InChI=1S/C13H23N7O/c1-2-6-15-11-17-12(16-7-5-10(14)21)19-13(18-11)20-8-3-4-9-20/h2-9H2,1H3,(H2,14,21)(H2,15,16,17,18,19). The van der Waals surface area contributed by atoms with E-state index in [-0.39, 0.29) is 12.3 Å². The normalized spacial score (nSPS) is 14.2. The molecule has 0 spiro atoms. The van der Waals surface area contributed by atoms with Crippen molar-refractivity contribution in [2.45, 2.75) is 32.6 Å². The summed E-state index contributed by atoms with van der Waals surface area (Å²) in [5, 5.41) is 6.20. The van der Waals surface area contributed by atoms with Crippen molar-refractivity contribution in [3.05, 3.63) is 0 Å².